The number of carboxylic acid groups (broad SMARTS) is 1. The molecule has 0 aliphatic rings. The molecule has 0 fully saturated rings. The lowest BCUT2D eigenvalue weighted by molar-refractivity contribution is -0.139. The first kappa shape index (κ1) is 11.9. The summed E-state index contributed by atoms with van der Waals surface area (Å²) in [6, 6.07) is 3.64. The SMILES string of the molecule is C[C@H](NCc1ccc(F)c(Cl)c1)C(=O)O. The van der Waals surface area contributed by atoms with E-state index in [0.29, 0.717) is 6.54 Å². The normalized spacial score (nSPS) is 12.5. The van der Waals surface area contributed by atoms with Crippen LogP contribution in [0.15, 0.2) is 18.2 Å². The van der Waals surface area contributed by atoms with Gasteiger partial charge in [0.1, 0.15) is 11.9 Å². The van der Waals surface area contributed by atoms with Crippen LogP contribution < -0.4 is 5.32 Å². The topological polar surface area (TPSA) is 49.3 Å². The molecule has 0 bridgehead atoms. The summed E-state index contributed by atoms with van der Waals surface area (Å²) in [5.41, 5.74) is 0.745. The zero-order chi connectivity index (χ0) is 11.4. The molecular weight excluding hydrogens is 221 g/mol. The van der Waals surface area contributed by atoms with Crippen molar-refractivity contribution in [1.82, 2.24) is 5.32 Å². The molecule has 0 aromatic heterocycles. The summed E-state index contributed by atoms with van der Waals surface area (Å²) < 4.78 is 12.8. The Bertz CT molecular complexity index is 370. The Balaban J connectivity index is 2.58. The van der Waals surface area contributed by atoms with Crippen LogP contribution >= 0.6 is 11.6 Å². The van der Waals surface area contributed by atoms with Crippen LogP contribution in [-0.2, 0) is 11.3 Å². The third kappa shape index (κ3) is 3.49. The van der Waals surface area contributed by atoms with E-state index in [2.05, 4.69) is 5.32 Å². The van der Waals surface area contributed by atoms with Crippen LogP contribution in [0.1, 0.15) is 12.5 Å². The van der Waals surface area contributed by atoms with E-state index >= 15 is 0 Å². The number of aliphatic carboxylic acids is 1. The van der Waals surface area contributed by atoms with Crippen molar-refractivity contribution in [3.8, 4) is 0 Å². The van der Waals surface area contributed by atoms with Crippen LogP contribution in [-0.4, -0.2) is 17.1 Å². The van der Waals surface area contributed by atoms with E-state index in [1.807, 2.05) is 0 Å². The number of hydrogen-bond donors (Lipinski definition) is 2. The fraction of sp³-hybridized carbons (Fsp3) is 0.300. The third-order valence-electron chi connectivity index (χ3n) is 1.97. The summed E-state index contributed by atoms with van der Waals surface area (Å²) in [4.78, 5) is 10.5. The second-order valence-corrected chi connectivity index (χ2v) is 3.60. The van der Waals surface area contributed by atoms with Gasteiger partial charge in [0.15, 0.2) is 0 Å². The maximum absolute atomic E-state index is 12.8. The zero-order valence-electron chi connectivity index (χ0n) is 8.13. The van der Waals surface area contributed by atoms with E-state index in [1.54, 1.807) is 6.07 Å². The number of rotatable bonds is 4. The lowest BCUT2D eigenvalue weighted by Gasteiger charge is -2.09. The largest absolute Gasteiger partial charge is 0.480 e. The van der Waals surface area contributed by atoms with Crippen LogP contribution in [0.5, 0.6) is 0 Å². The molecule has 0 saturated carbocycles. The lowest BCUT2D eigenvalue weighted by atomic mass is 10.2. The van der Waals surface area contributed by atoms with Gasteiger partial charge in [-0.15, -0.1) is 0 Å². The highest BCUT2D eigenvalue weighted by molar-refractivity contribution is 6.30. The maximum atomic E-state index is 12.8. The number of nitrogens with one attached hydrogen (secondary N) is 1. The molecule has 5 heteroatoms. The molecule has 1 atom stereocenters. The number of carbonyl (C=O) groups is 1. The van der Waals surface area contributed by atoms with Gasteiger partial charge < -0.3 is 10.4 Å². The highest BCUT2D eigenvalue weighted by atomic mass is 35.5. The molecule has 0 unspecified atom stereocenters. The van der Waals surface area contributed by atoms with Crippen LogP contribution in [0.3, 0.4) is 0 Å². The van der Waals surface area contributed by atoms with Gasteiger partial charge in [-0.25, -0.2) is 4.39 Å². The van der Waals surface area contributed by atoms with E-state index < -0.39 is 17.8 Å². The fourth-order valence-electron chi connectivity index (χ4n) is 1.01. The average molecular weight is 232 g/mol. The Morgan fingerprint density at radius 3 is 2.87 bits per heavy atom. The first-order chi connectivity index (χ1) is 7.00. The Morgan fingerprint density at radius 2 is 2.33 bits per heavy atom. The van der Waals surface area contributed by atoms with Crippen LogP contribution in [0.2, 0.25) is 5.02 Å². The molecule has 0 heterocycles. The Morgan fingerprint density at radius 1 is 1.67 bits per heavy atom. The average Bonchev–Trinajstić information content (AvgIpc) is 2.19. The van der Waals surface area contributed by atoms with Gasteiger partial charge in [-0.05, 0) is 24.6 Å². The second kappa shape index (κ2) is 5.09. The number of benzene rings is 1. The van der Waals surface area contributed by atoms with Gasteiger partial charge >= 0.3 is 5.97 Å². The summed E-state index contributed by atoms with van der Waals surface area (Å²) in [5.74, 6) is -1.41. The van der Waals surface area contributed by atoms with Crippen molar-refractivity contribution in [3.63, 3.8) is 0 Å². The van der Waals surface area contributed by atoms with Gasteiger partial charge in [-0.2, -0.15) is 0 Å². The number of carboxylic acids is 1. The quantitative estimate of drug-likeness (QED) is 0.834. The van der Waals surface area contributed by atoms with Crippen LogP contribution in [0.25, 0.3) is 0 Å². The first-order valence-electron chi connectivity index (χ1n) is 4.41. The minimum atomic E-state index is -0.928. The fourth-order valence-corrected chi connectivity index (χ4v) is 1.21. The van der Waals surface area contributed by atoms with Gasteiger partial charge in [-0.1, -0.05) is 17.7 Å². The van der Waals surface area contributed by atoms with Gasteiger partial charge in [0, 0.05) is 6.54 Å². The van der Waals surface area contributed by atoms with E-state index in [1.165, 1.54) is 19.1 Å². The lowest BCUT2D eigenvalue weighted by Crippen LogP contribution is -2.33. The van der Waals surface area contributed by atoms with Crippen molar-refractivity contribution in [2.75, 3.05) is 0 Å². The predicted octanol–water partition coefficient (Wildman–Crippen LogP) is 2.04. The molecular formula is C10H11ClFNO2. The molecule has 0 aliphatic carbocycles. The molecule has 0 aliphatic heterocycles. The van der Waals surface area contributed by atoms with Crippen molar-refractivity contribution >= 4 is 17.6 Å². The maximum Gasteiger partial charge on any atom is 0.320 e. The number of halogens is 2. The highest BCUT2D eigenvalue weighted by Gasteiger charge is 2.09. The Hall–Kier alpha value is -1.13. The van der Waals surface area contributed by atoms with Crippen molar-refractivity contribution in [1.29, 1.82) is 0 Å². The third-order valence-corrected chi connectivity index (χ3v) is 2.26. The van der Waals surface area contributed by atoms with Crippen molar-refractivity contribution in [3.05, 3.63) is 34.6 Å². The monoisotopic (exact) mass is 231 g/mol. The smallest absolute Gasteiger partial charge is 0.320 e. The van der Waals surface area contributed by atoms with Crippen molar-refractivity contribution in [2.24, 2.45) is 0 Å². The van der Waals surface area contributed by atoms with Gasteiger partial charge in [-0.3, -0.25) is 4.79 Å². The van der Waals surface area contributed by atoms with Crippen LogP contribution in [0.4, 0.5) is 4.39 Å². The minimum Gasteiger partial charge on any atom is -0.480 e. The standard InChI is InChI=1S/C10H11ClFNO2/c1-6(10(14)15)13-5-7-2-3-9(12)8(11)4-7/h2-4,6,13H,5H2,1H3,(H,14,15)/t6-/m0/s1. The summed E-state index contributed by atoms with van der Waals surface area (Å²) in [7, 11) is 0. The first-order valence-corrected chi connectivity index (χ1v) is 4.78. The summed E-state index contributed by atoms with van der Waals surface area (Å²) in [5, 5.41) is 11.4. The zero-order valence-corrected chi connectivity index (χ0v) is 8.88. The molecule has 1 aromatic rings. The second-order valence-electron chi connectivity index (χ2n) is 3.19. The molecule has 0 spiro atoms. The van der Waals surface area contributed by atoms with Gasteiger partial charge in [0.2, 0.25) is 0 Å². The highest BCUT2D eigenvalue weighted by Crippen LogP contribution is 2.15. The molecule has 0 saturated heterocycles. The van der Waals surface area contributed by atoms with E-state index in [0.717, 1.165) is 5.56 Å². The van der Waals surface area contributed by atoms with Gasteiger partial charge in [0.05, 0.1) is 5.02 Å². The summed E-state index contributed by atoms with van der Waals surface area (Å²) in [6.45, 7) is 1.88. The molecule has 1 rings (SSSR count). The predicted molar refractivity (Wildman–Crippen MR) is 55.3 cm³/mol. The minimum absolute atomic E-state index is 0.0391. The Labute approximate surface area is 91.9 Å². The summed E-state index contributed by atoms with van der Waals surface area (Å²) in [6.07, 6.45) is 0. The molecule has 3 nitrogen and oxygen atoms in total. The van der Waals surface area contributed by atoms with E-state index in [9.17, 15) is 9.18 Å². The molecule has 2 N–H and O–H groups in total. The van der Waals surface area contributed by atoms with Gasteiger partial charge in [0.25, 0.3) is 0 Å². The van der Waals surface area contributed by atoms with Crippen molar-refractivity contribution in [2.45, 2.75) is 19.5 Å². The molecule has 15 heavy (non-hydrogen) atoms. The van der Waals surface area contributed by atoms with Crippen LogP contribution in [0, 0.1) is 5.82 Å². The molecule has 82 valence electrons. The Kier molecular flexibility index (Phi) is 4.05. The van der Waals surface area contributed by atoms with E-state index in [-0.39, 0.29) is 5.02 Å². The molecule has 0 amide bonds. The summed E-state index contributed by atoms with van der Waals surface area (Å²) >= 11 is 5.57. The van der Waals surface area contributed by atoms with E-state index in [4.69, 9.17) is 16.7 Å². The number of hydrogen-bond acceptors (Lipinski definition) is 2. The molecule has 1 aromatic carbocycles. The molecule has 0 radical (unpaired) electrons. The van der Waals surface area contributed by atoms with Crippen molar-refractivity contribution < 1.29 is 14.3 Å².